The number of carbonyl (C=O) groups excluding carboxylic acids is 4. The van der Waals surface area contributed by atoms with Crippen molar-refractivity contribution in [2.75, 3.05) is 60.4 Å². The number of alkyl halides is 3. The summed E-state index contributed by atoms with van der Waals surface area (Å²) < 4.78 is 49.9. The fourth-order valence-corrected chi connectivity index (χ4v) is 5.04. The highest BCUT2D eigenvalue weighted by Gasteiger charge is 2.44. The zero-order chi connectivity index (χ0) is 36.6. The van der Waals surface area contributed by atoms with Crippen molar-refractivity contribution in [3.63, 3.8) is 0 Å². The van der Waals surface area contributed by atoms with E-state index in [0.29, 0.717) is 36.1 Å². The molecule has 0 saturated heterocycles. The number of benzene rings is 2. The molecule has 1 aliphatic rings. The van der Waals surface area contributed by atoms with Gasteiger partial charge in [-0.25, -0.2) is 9.59 Å². The number of methoxy groups -OCH3 is 2. The number of likely N-dealkylation sites (N-methyl/N-ethyl adjacent to an activating group) is 2. The number of allylic oxidation sites excluding steroid dienone is 1. The van der Waals surface area contributed by atoms with Crippen LogP contribution in [0.25, 0.3) is 0 Å². The van der Waals surface area contributed by atoms with Gasteiger partial charge in [-0.05, 0) is 48.4 Å². The molecule has 0 fully saturated rings. The van der Waals surface area contributed by atoms with E-state index in [0.717, 1.165) is 35.1 Å². The minimum absolute atomic E-state index is 0.0478. The number of primary amides is 1. The molecule has 0 bridgehead atoms. The van der Waals surface area contributed by atoms with E-state index in [-0.39, 0.29) is 33.9 Å². The van der Waals surface area contributed by atoms with Crippen LogP contribution in [-0.4, -0.2) is 100 Å². The molecule has 2 aromatic carbocycles. The smallest absolute Gasteiger partial charge is 0.416 e. The Morgan fingerprint density at radius 1 is 1.15 bits per heavy atom. The van der Waals surface area contributed by atoms with E-state index in [1.54, 1.807) is 26.2 Å². The number of urea groups is 1. The zero-order valence-electron chi connectivity index (χ0n) is 27.7. The lowest BCUT2D eigenvalue weighted by Crippen LogP contribution is -2.55. The van der Waals surface area contributed by atoms with Gasteiger partial charge in [-0.1, -0.05) is 12.1 Å². The standard InChI is InChI=1S/C30H34F3N7O4.C2H4O2/c1-18-25(27(42)44-6)26(39(29(36)43)28(35)38(18)22-9-7-8-21(15-22)30(31,32)33)23-11-10-19(16-34)14-20(23)12-13-40(4,5)17-24(41)37(2)3;1-4-2-3/h7-11,14-15,26,35H,12-13,17H2,1-6H3,(H-,36,43);2H,1H3/p+1/t26-;/m1./s1. The van der Waals surface area contributed by atoms with E-state index in [1.807, 2.05) is 14.1 Å². The van der Waals surface area contributed by atoms with E-state index >= 15 is 0 Å². The van der Waals surface area contributed by atoms with Crippen molar-refractivity contribution in [3.05, 3.63) is 76.0 Å². The van der Waals surface area contributed by atoms with Gasteiger partial charge in [-0.3, -0.25) is 24.8 Å². The third-order valence-corrected chi connectivity index (χ3v) is 7.48. The summed E-state index contributed by atoms with van der Waals surface area (Å²) in [5, 5.41) is 18.6. The van der Waals surface area contributed by atoms with Crippen LogP contribution in [0.5, 0.6) is 0 Å². The van der Waals surface area contributed by atoms with E-state index in [4.69, 9.17) is 20.7 Å². The maximum absolute atomic E-state index is 13.6. The van der Waals surface area contributed by atoms with Crippen molar-refractivity contribution in [3.8, 4) is 6.07 Å². The zero-order valence-corrected chi connectivity index (χ0v) is 27.7. The number of guanidine groups is 1. The lowest BCUT2D eigenvalue weighted by Gasteiger charge is -2.43. The monoisotopic (exact) mass is 674 g/mol. The number of hydrogen-bond acceptors (Lipinski definition) is 8. The van der Waals surface area contributed by atoms with Crippen molar-refractivity contribution in [1.82, 2.24) is 9.80 Å². The summed E-state index contributed by atoms with van der Waals surface area (Å²) in [5.74, 6) is -1.58. The summed E-state index contributed by atoms with van der Waals surface area (Å²) in [5.41, 5.74) is 5.75. The number of nitrogens with one attached hydrogen (secondary N) is 1. The van der Waals surface area contributed by atoms with Crippen LogP contribution in [0.1, 0.15) is 35.2 Å². The summed E-state index contributed by atoms with van der Waals surface area (Å²) in [6.07, 6.45) is -4.40. The molecule has 16 heteroatoms. The van der Waals surface area contributed by atoms with Crippen LogP contribution >= 0.6 is 0 Å². The number of halogens is 3. The lowest BCUT2D eigenvalue weighted by molar-refractivity contribution is -0.882. The number of amides is 3. The number of nitrogens with two attached hydrogens (primary N) is 1. The second kappa shape index (κ2) is 15.9. The van der Waals surface area contributed by atoms with Crippen LogP contribution in [0.15, 0.2) is 53.7 Å². The number of rotatable bonds is 9. The minimum atomic E-state index is -4.69. The number of anilines is 1. The Morgan fingerprint density at radius 3 is 2.27 bits per heavy atom. The molecule has 3 rings (SSSR count). The number of ether oxygens (including phenoxy) is 2. The van der Waals surface area contributed by atoms with Gasteiger partial charge >= 0.3 is 18.2 Å². The van der Waals surface area contributed by atoms with Gasteiger partial charge in [0.15, 0.2) is 6.54 Å². The van der Waals surface area contributed by atoms with E-state index < -0.39 is 35.7 Å². The molecule has 1 atom stereocenters. The van der Waals surface area contributed by atoms with Gasteiger partial charge in [-0.15, -0.1) is 0 Å². The maximum atomic E-state index is 13.6. The third-order valence-electron chi connectivity index (χ3n) is 7.48. The average molecular weight is 675 g/mol. The lowest BCUT2D eigenvalue weighted by atomic mass is 9.87. The van der Waals surface area contributed by atoms with Gasteiger partial charge in [0.1, 0.15) is 6.04 Å². The Morgan fingerprint density at radius 2 is 1.77 bits per heavy atom. The van der Waals surface area contributed by atoms with Gasteiger partial charge < -0.3 is 24.6 Å². The highest BCUT2D eigenvalue weighted by molar-refractivity contribution is 6.10. The molecule has 258 valence electrons. The number of nitrogens with zero attached hydrogens (tertiary/aromatic N) is 5. The topological polar surface area (TPSA) is 170 Å². The number of hydrogen-bond donors (Lipinski definition) is 2. The molecular weight excluding hydrogens is 635 g/mol. The summed E-state index contributed by atoms with van der Waals surface area (Å²) in [6, 6.07) is 8.36. The Labute approximate surface area is 276 Å². The predicted molar refractivity (Wildman–Crippen MR) is 169 cm³/mol. The van der Waals surface area contributed by atoms with Gasteiger partial charge in [-0.2, -0.15) is 18.4 Å². The van der Waals surface area contributed by atoms with Crippen molar-refractivity contribution >= 4 is 36.0 Å². The van der Waals surface area contributed by atoms with Crippen molar-refractivity contribution < 1.29 is 46.3 Å². The van der Waals surface area contributed by atoms with E-state index in [1.165, 1.54) is 31.1 Å². The number of carbonyl (C=O) groups is 4. The fourth-order valence-electron chi connectivity index (χ4n) is 5.04. The molecule has 0 saturated carbocycles. The van der Waals surface area contributed by atoms with Gasteiger partial charge in [0.05, 0.1) is 57.6 Å². The van der Waals surface area contributed by atoms with Gasteiger partial charge in [0.25, 0.3) is 12.4 Å². The first kappa shape index (κ1) is 38.8. The Kier molecular flexibility index (Phi) is 12.8. The van der Waals surface area contributed by atoms with Crippen molar-refractivity contribution in [2.24, 2.45) is 5.73 Å². The van der Waals surface area contributed by atoms with Crippen molar-refractivity contribution in [1.29, 1.82) is 10.7 Å². The van der Waals surface area contributed by atoms with Crippen LogP contribution in [-0.2, 0) is 36.5 Å². The quantitative estimate of drug-likeness (QED) is 0.232. The molecule has 0 unspecified atom stereocenters. The molecule has 0 aromatic heterocycles. The molecule has 0 spiro atoms. The highest BCUT2D eigenvalue weighted by atomic mass is 19.4. The van der Waals surface area contributed by atoms with Crippen LogP contribution in [0.4, 0.5) is 23.7 Å². The SMILES string of the molecule is COC(=O)C1=C(C)N(c2cccc(C(F)(F)F)c2)C(=N)N(C(N)=O)[C@@H]1c1ccc(C#N)cc1CC[N+](C)(C)CC(=O)N(C)C.COC=O. The van der Waals surface area contributed by atoms with Crippen LogP contribution in [0.2, 0.25) is 0 Å². The molecule has 3 amide bonds. The predicted octanol–water partition coefficient (Wildman–Crippen LogP) is 3.40. The molecule has 48 heavy (non-hydrogen) atoms. The van der Waals surface area contributed by atoms with Crippen LogP contribution in [0.3, 0.4) is 0 Å². The molecule has 1 heterocycles. The van der Waals surface area contributed by atoms with Gasteiger partial charge in [0.2, 0.25) is 5.96 Å². The van der Waals surface area contributed by atoms with E-state index in [2.05, 4.69) is 10.8 Å². The largest absolute Gasteiger partial charge is 0.471 e. The summed E-state index contributed by atoms with van der Waals surface area (Å²) in [7, 11) is 9.45. The minimum Gasteiger partial charge on any atom is -0.471 e. The molecule has 0 aliphatic carbocycles. The summed E-state index contributed by atoms with van der Waals surface area (Å²) >= 11 is 0. The Hall–Kier alpha value is -5.43. The average Bonchev–Trinajstić information content (AvgIpc) is 3.02. The first-order valence-electron chi connectivity index (χ1n) is 14.3. The normalized spacial score (nSPS) is 14.8. The van der Waals surface area contributed by atoms with Crippen LogP contribution in [0, 0.1) is 16.7 Å². The van der Waals surface area contributed by atoms with Crippen molar-refractivity contribution in [2.45, 2.75) is 25.6 Å². The molecule has 13 nitrogen and oxygen atoms in total. The number of esters is 1. The highest BCUT2D eigenvalue weighted by Crippen LogP contribution is 2.42. The fraction of sp³-hybridized carbons (Fsp3) is 0.375. The first-order chi connectivity index (χ1) is 22.3. The molecule has 2 aromatic rings. The number of nitriles is 1. The Bertz CT molecular complexity index is 1630. The first-order valence-corrected chi connectivity index (χ1v) is 14.3. The van der Waals surface area contributed by atoms with Gasteiger partial charge in [0, 0.05) is 31.9 Å². The third kappa shape index (κ3) is 9.10. The summed E-state index contributed by atoms with van der Waals surface area (Å²) in [6.45, 7) is 2.40. The van der Waals surface area contributed by atoms with Crippen LogP contribution < -0.4 is 10.6 Å². The summed E-state index contributed by atoms with van der Waals surface area (Å²) in [4.78, 5) is 51.0. The Balaban J connectivity index is 0.00000189. The molecule has 1 aliphatic heterocycles. The molecular formula is C32H39F3N7O6+. The molecule has 3 N–H and O–H groups in total. The second-order valence-electron chi connectivity index (χ2n) is 11.5. The maximum Gasteiger partial charge on any atom is 0.416 e. The number of quaternary nitrogens is 1. The second-order valence-corrected chi connectivity index (χ2v) is 11.5. The molecule has 0 radical (unpaired) electrons. The van der Waals surface area contributed by atoms with E-state index in [9.17, 15) is 32.8 Å².